The minimum absolute atomic E-state index is 0.296. The van der Waals surface area contributed by atoms with Gasteiger partial charge in [0.1, 0.15) is 11.6 Å². The molecular weight excluding hydrogens is 392 g/mol. The van der Waals surface area contributed by atoms with Crippen molar-refractivity contribution in [3.63, 3.8) is 0 Å². The van der Waals surface area contributed by atoms with Gasteiger partial charge in [0.25, 0.3) is 0 Å². The molecule has 0 aliphatic carbocycles. The van der Waals surface area contributed by atoms with Gasteiger partial charge in [-0.2, -0.15) is 0 Å². The van der Waals surface area contributed by atoms with Gasteiger partial charge in [-0.05, 0) is 43.1 Å². The molecule has 164 valence electrons. The number of benzene rings is 1. The van der Waals surface area contributed by atoms with Crippen molar-refractivity contribution < 1.29 is 9.15 Å². The van der Waals surface area contributed by atoms with Crippen LogP contribution in [0.25, 0.3) is 22.4 Å². The van der Waals surface area contributed by atoms with Crippen LogP contribution in [0.1, 0.15) is 32.3 Å². The van der Waals surface area contributed by atoms with Gasteiger partial charge in [0.05, 0.1) is 23.6 Å². The van der Waals surface area contributed by atoms with Gasteiger partial charge in [-0.25, -0.2) is 14.8 Å². The Bertz CT molecular complexity index is 1100. The lowest BCUT2D eigenvalue weighted by atomic mass is 10.1. The Hall–Kier alpha value is -2.93. The fraction of sp³-hybridized carbons (Fsp3) is 0.458. The normalized spacial score (nSPS) is 14.9. The zero-order valence-corrected chi connectivity index (χ0v) is 18.6. The third-order valence-electron chi connectivity index (χ3n) is 5.92. The number of rotatable bonds is 7. The molecule has 0 unspecified atom stereocenters. The molecule has 1 fully saturated rings. The average Bonchev–Trinajstić information content (AvgIpc) is 2.82. The molecule has 1 aliphatic rings. The second-order valence-corrected chi connectivity index (χ2v) is 7.90. The Kier molecular flexibility index (Phi) is 6.51. The lowest BCUT2D eigenvalue weighted by molar-refractivity contribution is 0.253. The van der Waals surface area contributed by atoms with Crippen LogP contribution in [0.2, 0.25) is 0 Å². The zero-order chi connectivity index (χ0) is 21.8. The third-order valence-corrected chi connectivity index (χ3v) is 5.92. The van der Waals surface area contributed by atoms with Crippen LogP contribution < -0.4 is 15.3 Å². The maximum Gasteiger partial charge on any atom is 0.347 e. The molecule has 2 aromatic heterocycles. The number of hydrogen-bond donors (Lipinski definition) is 0. The first-order valence-corrected chi connectivity index (χ1v) is 11.1. The predicted octanol–water partition coefficient (Wildman–Crippen LogP) is 3.74. The van der Waals surface area contributed by atoms with Crippen LogP contribution in [0.15, 0.2) is 39.7 Å². The summed E-state index contributed by atoms with van der Waals surface area (Å²) in [7, 11) is 1.62. The van der Waals surface area contributed by atoms with E-state index in [2.05, 4.69) is 21.7 Å². The highest BCUT2D eigenvalue weighted by molar-refractivity contribution is 5.84. The van der Waals surface area contributed by atoms with Crippen molar-refractivity contribution in [1.82, 2.24) is 14.9 Å². The monoisotopic (exact) mass is 422 g/mol. The summed E-state index contributed by atoms with van der Waals surface area (Å²) in [6.07, 6.45) is 4.91. The molecule has 0 bridgehead atoms. The van der Waals surface area contributed by atoms with Gasteiger partial charge < -0.3 is 14.1 Å². The molecule has 0 atom stereocenters. The lowest BCUT2D eigenvalue weighted by Crippen LogP contribution is -2.47. The standard InChI is InChI=1S/C24H30N4O3/c1-4-6-10-27-11-13-28(14-12-27)22-19(8-7-9-25-22)23-26-20-16-18(30-3)15-17(5-2)21(20)24(29)31-23/h7-9,15-16H,4-6,10-14H2,1-3H3. The molecule has 3 aromatic rings. The summed E-state index contributed by atoms with van der Waals surface area (Å²) < 4.78 is 11.1. The van der Waals surface area contributed by atoms with Gasteiger partial charge in [-0.1, -0.05) is 20.3 Å². The van der Waals surface area contributed by atoms with Crippen molar-refractivity contribution in [3.8, 4) is 17.2 Å². The lowest BCUT2D eigenvalue weighted by Gasteiger charge is -2.36. The zero-order valence-electron chi connectivity index (χ0n) is 18.6. The molecule has 0 saturated carbocycles. The fourth-order valence-electron chi connectivity index (χ4n) is 4.14. The Morgan fingerprint density at radius 2 is 1.97 bits per heavy atom. The second kappa shape index (κ2) is 9.47. The van der Waals surface area contributed by atoms with Gasteiger partial charge in [-0.3, -0.25) is 4.90 Å². The van der Waals surface area contributed by atoms with Gasteiger partial charge in [0, 0.05) is 38.4 Å². The highest BCUT2D eigenvalue weighted by atomic mass is 16.5. The smallest absolute Gasteiger partial charge is 0.347 e. The van der Waals surface area contributed by atoms with Crippen molar-refractivity contribution in [3.05, 3.63) is 46.4 Å². The van der Waals surface area contributed by atoms with Crippen LogP contribution in [0.3, 0.4) is 0 Å². The Morgan fingerprint density at radius 3 is 2.68 bits per heavy atom. The van der Waals surface area contributed by atoms with E-state index in [1.807, 2.05) is 25.1 Å². The molecular formula is C24H30N4O3. The predicted molar refractivity (Wildman–Crippen MR) is 123 cm³/mol. The van der Waals surface area contributed by atoms with Gasteiger partial charge in [0.2, 0.25) is 5.89 Å². The largest absolute Gasteiger partial charge is 0.497 e. The summed E-state index contributed by atoms with van der Waals surface area (Å²) in [5.41, 5.74) is 1.82. The van der Waals surface area contributed by atoms with E-state index in [1.165, 1.54) is 12.8 Å². The van der Waals surface area contributed by atoms with Crippen LogP contribution in [0.4, 0.5) is 5.82 Å². The molecule has 7 heteroatoms. The summed E-state index contributed by atoms with van der Waals surface area (Å²) in [6, 6.07) is 7.43. The quantitative estimate of drug-likeness (QED) is 0.574. The number of anilines is 1. The summed E-state index contributed by atoms with van der Waals surface area (Å²) >= 11 is 0. The first-order chi connectivity index (χ1) is 15.1. The molecule has 4 rings (SSSR count). The van der Waals surface area contributed by atoms with Gasteiger partial charge in [-0.15, -0.1) is 0 Å². The third kappa shape index (κ3) is 4.42. The Labute approximate surface area is 182 Å². The average molecular weight is 423 g/mol. The Morgan fingerprint density at radius 1 is 1.16 bits per heavy atom. The van der Waals surface area contributed by atoms with Crippen molar-refractivity contribution in [2.45, 2.75) is 33.1 Å². The van der Waals surface area contributed by atoms with Crippen LogP contribution in [-0.4, -0.2) is 54.7 Å². The number of piperazine rings is 1. The number of hydrogen-bond acceptors (Lipinski definition) is 7. The molecule has 0 spiro atoms. The summed E-state index contributed by atoms with van der Waals surface area (Å²) in [5, 5.41) is 0.516. The van der Waals surface area contributed by atoms with E-state index in [4.69, 9.17) is 14.1 Å². The maximum atomic E-state index is 12.9. The summed E-state index contributed by atoms with van der Waals surface area (Å²) in [5.74, 6) is 1.79. The van der Waals surface area contributed by atoms with E-state index in [0.29, 0.717) is 29.0 Å². The molecule has 31 heavy (non-hydrogen) atoms. The van der Waals surface area contributed by atoms with Crippen LogP contribution >= 0.6 is 0 Å². The highest BCUT2D eigenvalue weighted by Gasteiger charge is 2.23. The number of fused-ring (bicyclic) bond motifs is 1. The van der Waals surface area contributed by atoms with Gasteiger partial charge >= 0.3 is 5.63 Å². The maximum absolute atomic E-state index is 12.9. The topological polar surface area (TPSA) is 71.7 Å². The first kappa shape index (κ1) is 21.3. The summed E-state index contributed by atoms with van der Waals surface area (Å²) in [6.45, 7) is 9.14. The molecule has 0 radical (unpaired) electrons. The SMILES string of the molecule is CCCCN1CCN(c2ncccc2-c2nc3cc(OC)cc(CC)c3c(=O)o2)CC1. The number of unbranched alkanes of at least 4 members (excludes halogenated alkanes) is 1. The number of ether oxygens (including phenoxy) is 1. The molecule has 1 aromatic carbocycles. The summed E-state index contributed by atoms with van der Waals surface area (Å²) in [4.78, 5) is 27.0. The van der Waals surface area contributed by atoms with Gasteiger partial charge in [0.15, 0.2) is 0 Å². The first-order valence-electron chi connectivity index (χ1n) is 11.1. The van der Waals surface area contributed by atoms with E-state index in [1.54, 1.807) is 19.4 Å². The minimum Gasteiger partial charge on any atom is -0.497 e. The molecule has 1 saturated heterocycles. The van der Waals surface area contributed by atoms with Crippen LogP contribution in [0.5, 0.6) is 5.75 Å². The van der Waals surface area contributed by atoms with Crippen LogP contribution in [-0.2, 0) is 6.42 Å². The minimum atomic E-state index is -0.376. The van der Waals surface area contributed by atoms with E-state index >= 15 is 0 Å². The fourth-order valence-corrected chi connectivity index (χ4v) is 4.14. The number of methoxy groups -OCH3 is 1. The van der Waals surface area contributed by atoms with Crippen molar-refractivity contribution in [2.24, 2.45) is 0 Å². The number of nitrogens with zero attached hydrogens (tertiary/aromatic N) is 4. The molecule has 0 amide bonds. The number of aryl methyl sites for hydroxylation is 1. The molecule has 7 nitrogen and oxygen atoms in total. The number of aromatic nitrogens is 2. The van der Waals surface area contributed by atoms with E-state index in [9.17, 15) is 4.79 Å². The molecule has 1 aliphatic heterocycles. The van der Waals surface area contributed by atoms with E-state index in [-0.39, 0.29) is 5.63 Å². The molecule has 3 heterocycles. The van der Waals surface area contributed by atoms with Crippen molar-refractivity contribution >= 4 is 16.7 Å². The number of pyridine rings is 1. The highest BCUT2D eigenvalue weighted by Crippen LogP contribution is 2.30. The van der Waals surface area contributed by atoms with Crippen molar-refractivity contribution in [1.29, 1.82) is 0 Å². The Balaban J connectivity index is 1.70. The van der Waals surface area contributed by atoms with Crippen molar-refractivity contribution in [2.75, 3.05) is 44.7 Å². The van der Waals surface area contributed by atoms with E-state index in [0.717, 1.165) is 49.7 Å². The van der Waals surface area contributed by atoms with Crippen LogP contribution in [0, 0.1) is 0 Å². The van der Waals surface area contributed by atoms with E-state index < -0.39 is 0 Å². The molecule has 0 N–H and O–H groups in total. The second-order valence-electron chi connectivity index (χ2n) is 7.90.